The summed E-state index contributed by atoms with van der Waals surface area (Å²) in [5.41, 5.74) is 2.65. The molecule has 8 heteroatoms. The molecule has 4 nitrogen and oxygen atoms in total. The number of ether oxygens (including phenoxy) is 2. The molecule has 0 spiro atoms. The molecule has 1 fully saturated rings. The molecule has 3 rings (SSSR count). The average Bonchev–Trinajstić information content (AvgIpc) is 3.32. The second kappa shape index (κ2) is 16.2. The lowest BCUT2D eigenvalue weighted by Gasteiger charge is -2.45. The fraction of sp³-hybridized carbons (Fsp3) is 0.860. The van der Waals surface area contributed by atoms with Gasteiger partial charge < -0.3 is 18.3 Å². The van der Waals surface area contributed by atoms with Gasteiger partial charge in [0.15, 0.2) is 22.9 Å². The molecule has 0 heterocycles. The number of hydrogen-bond acceptors (Lipinski definition) is 4. The molecule has 0 saturated heterocycles. The molecular formula is C43H78F2O4Si2. The molecule has 0 bridgehead atoms. The van der Waals surface area contributed by atoms with E-state index in [1.807, 2.05) is 6.92 Å². The Morgan fingerprint density at radius 3 is 2.08 bits per heavy atom. The number of hydrogen-bond donors (Lipinski definition) is 0. The van der Waals surface area contributed by atoms with E-state index in [1.165, 1.54) is 30.6 Å². The van der Waals surface area contributed by atoms with Crippen molar-refractivity contribution in [3.05, 3.63) is 34.9 Å². The Morgan fingerprint density at radius 2 is 1.51 bits per heavy atom. The van der Waals surface area contributed by atoms with E-state index in [0.717, 1.165) is 38.5 Å². The van der Waals surface area contributed by atoms with Crippen molar-refractivity contribution < 1.29 is 27.1 Å². The normalized spacial score (nSPS) is 28.6. The minimum atomic E-state index is -2.95. The minimum Gasteiger partial charge on any atom is -0.413 e. The Balaban J connectivity index is 1.81. The van der Waals surface area contributed by atoms with Crippen LogP contribution >= 0.6 is 0 Å². The second-order valence-electron chi connectivity index (χ2n) is 20.2. The van der Waals surface area contributed by atoms with E-state index < -0.39 is 34.4 Å². The van der Waals surface area contributed by atoms with Crippen LogP contribution in [0.3, 0.4) is 0 Å². The Labute approximate surface area is 315 Å². The van der Waals surface area contributed by atoms with E-state index in [1.54, 1.807) is 6.92 Å². The molecule has 0 N–H and O–H groups in total. The lowest BCUT2D eigenvalue weighted by atomic mass is 9.62. The van der Waals surface area contributed by atoms with Crippen LogP contribution in [0.5, 0.6) is 0 Å². The Hall–Kier alpha value is -0.646. The van der Waals surface area contributed by atoms with Crippen LogP contribution in [0.2, 0.25) is 36.3 Å². The zero-order chi connectivity index (χ0) is 39.0. The zero-order valence-electron chi connectivity index (χ0n) is 35.9. The van der Waals surface area contributed by atoms with Gasteiger partial charge in [-0.1, -0.05) is 73.6 Å². The highest BCUT2D eigenvalue weighted by molar-refractivity contribution is 6.74. The Bertz CT molecular complexity index is 1270. The maximum atomic E-state index is 15.6. The van der Waals surface area contributed by atoms with Crippen LogP contribution < -0.4 is 0 Å². The molecule has 51 heavy (non-hydrogen) atoms. The van der Waals surface area contributed by atoms with Gasteiger partial charge in [-0.2, -0.15) is 0 Å². The van der Waals surface area contributed by atoms with Crippen LogP contribution in [0.1, 0.15) is 141 Å². The Kier molecular flexibility index (Phi) is 14.2. The Morgan fingerprint density at radius 1 is 0.922 bits per heavy atom. The zero-order valence-corrected chi connectivity index (χ0v) is 37.9. The van der Waals surface area contributed by atoms with Crippen LogP contribution in [0, 0.1) is 23.2 Å². The first-order valence-corrected chi connectivity index (χ1v) is 26.0. The lowest BCUT2D eigenvalue weighted by molar-refractivity contribution is -0.264. The van der Waals surface area contributed by atoms with Crippen LogP contribution in [-0.2, 0) is 18.3 Å². The third-order valence-corrected chi connectivity index (χ3v) is 23.1. The summed E-state index contributed by atoms with van der Waals surface area (Å²) in [6.45, 7) is 37.3. The summed E-state index contributed by atoms with van der Waals surface area (Å²) in [6, 6.07) is 0. The molecule has 7 atom stereocenters. The van der Waals surface area contributed by atoms with Crippen molar-refractivity contribution in [2.45, 2.75) is 208 Å². The molecule has 0 aromatic heterocycles. The largest absolute Gasteiger partial charge is 0.413 e. The van der Waals surface area contributed by atoms with Crippen molar-refractivity contribution in [2.75, 3.05) is 6.61 Å². The highest BCUT2D eigenvalue weighted by Crippen LogP contribution is 2.59. The summed E-state index contributed by atoms with van der Waals surface area (Å²) in [6.07, 6.45) is 13.3. The molecule has 3 aliphatic rings. The third kappa shape index (κ3) is 10.4. The smallest absolute Gasteiger partial charge is 0.276 e. The first-order valence-electron chi connectivity index (χ1n) is 20.2. The quantitative estimate of drug-likeness (QED) is 0.123. The fourth-order valence-corrected chi connectivity index (χ4v) is 11.2. The highest BCUT2D eigenvalue weighted by Gasteiger charge is 2.52. The van der Waals surface area contributed by atoms with E-state index in [2.05, 4.69) is 107 Å². The SMILES string of the molecule is CCOC(C)OC(C)(C)C(F)(F)CC[C@@H](C)[C@H]1CC[C@H]2C(/C=C\C3=C(C)[C@@H](O[Si](C)(C)C(C)(C)C)C[C@H](O[Si](C)(C)C(C)(C)C)C3)=CCC[C@]12C. The number of alkyl halides is 2. The van der Waals surface area contributed by atoms with Crippen molar-refractivity contribution >= 4 is 16.6 Å². The number of rotatable bonds is 15. The van der Waals surface area contributed by atoms with Gasteiger partial charge >= 0.3 is 0 Å². The molecule has 0 aromatic carbocycles. The maximum absolute atomic E-state index is 15.6. The predicted molar refractivity (Wildman–Crippen MR) is 216 cm³/mol. The summed E-state index contributed by atoms with van der Waals surface area (Å²) in [5, 5.41) is 0.274. The number of halogens is 2. The minimum absolute atomic E-state index is 0.0623. The molecule has 0 aliphatic heterocycles. The number of fused-ring (bicyclic) bond motifs is 1. The van der Waals surface area contributed by atoms with Gasteiger partial charge in [0.05, 0.1) is 12.2 Å². The summed E-state index contributed by atoms with van der Waals surface area (Å²) < 4.78 is 56.5. The van der Waals surface area contributed by atoms with Crippen LogP contribution in [-0.4, -0.2) is 53.3 Å². The van der Waals surface area contributed by atoms with Crippen molar-refractivity contribution in [1.82, 2.24) is 0 Å². The molecule has 3 aliphatic carbocycles. The molecule has 1 unspecified atom stereocenters. The highest BCUT2D eigenvalue weighted by atomic mass is 28.4. The summed E-state index contributed by atoms with van der Waals surface area (Å²) in [4.78, 5) is 0. The van der Waals surface area contributed by atoms with Gasteiger partial charge in [-0.25, -0.2) is 8.78 Å². The molecule has 0 aromatic rings. The van der Waals surface area contributed by atoms with Crippen LogP contribution in [0.4, 0.5) is 8.78 Å². The van der Waals surface area contributed by atoms with E-state index in [-0.39, 0.29) is 40.0 Å². The topological polar surface area (TPSA) is 36.9 Å². The van der Waals surface area contributed by atoms with Crippen molar-refractivity contribution in [1.29, 1.82) is 0 Å². The average molecular weight is 753 g/mol. The van der Waals surface area contributed by atoms with E-state index in [4.69, 9.17) is 18.3 Å². The first kappa shape index (κ1) is 44.7. The molecule has 1 saturated carbocycles. The van der Waals surface area contributed by atoms with Gasteiger partial charge in [0.2, 0.25) is 0 Å². The fourth-order valence-electron chi connectivity index (χ4n) is 8.52. The first-order chi connectivity index (χ1) is 23.1. The predicted octanol–water partition coefficient (Wildman–Crippen LogP) is 13.4. The summed E-state index contributed by atoms with van der Waals surface area (Å²) >= 11 is 0. The van der Waals surface area contributed by atoms with E-state index in [0.29, 0.717) is 24.9 Å². The van der Waals surface area contributed by atoms with Crippen LogP contribution in [0.25, 0.3) is 0 Å². The summed E-state index contributed by atoms with van der Waals surface area (Å²) in [5.74, 6) is -1.87. The van der Waals surface area contributed by atoms with Crippen molar-refractivity contribution in [3.63, 3.8) is 0 Å². The van der Waals surface area contributed by atoms with E-state index in [9.17, 15) is 0 Å². The van der Waals surface area contributed by atoms with Gasteiger partial charge in [0, 0.05) is 19.4 Å². The lowest BCUT2D eigenvalue weighted by Crippen LogP contribution is -2.49. The second-order valence-corrected chi connectivity index (χ2v) is 29.7. The monoisotopic (exact) mass is 753 g/mol. The molecule has 0 amide bonds. The molecular weight excluding hydrogens is 675 g/mol. The molecule has 296 valence electrons. The van der Waals surface area contributed by atoms with Crippen molar-refractivity contribution in [3.8, 4) is 0 Å². The van der Waals surface area contributed by atoms with Gasteiger partial charge in [0.25, 0.3) is 5.92 Å². The van der Waals surface area contributed by atoms with Gasteiger partial charge in [-0.05, 0) is 149 Å². The number of allylic oxidation sites excluding steroid dienone is 4. The third-order valence-electron chi connectivity index (χ3n) is 14.1. The molecule has 0 radical (unpaired) electrons. The van der Waals surface area contributed by atoms with Gasteiger partial charge in [-0.3, -0.25) is 0 Å². The van der Waals surface area contributed by atoms with Gasteiger partial charge in [-0.15, -0.1) is 0 Å². The summed E-state index contributed by atoms with van der Waals surface area (Å²) in [7, 11) is -3.98. The van der Waals surface area contributed by atoms with E-state index >= 15 is 8.78 Å². The van der Waals surface area contributed by atoms with Crippen molar-refractivity contribution in [2.24, 2.45) is 23.2 Å². The van der Waals surface area contributed by atoms with Crippen LogP contribution in [0.15, 0.2) is 34.9 Å². The standard InChI is InChI=1S/C43H78F2O4Si2/c1-18-46-32(4)47-41(11,12)43(44,45)27-25-30(2)36-23-24-37-33(20-19-26-42(36,37)13)21-22-34-28-35(48-50(14,15)39(5,6)7)29-38(31(34)3)49-51(16,17)40(8,9)10/h20-22,30,32,35-38H,18-19,23-29H2,1-17H3/b22-21-/t30-,32?,35-,36-,37+,38+,42-/m1/s1. The maximum Gasteiger partial charge on any atom is 0.276 e. The van der Waals surface area contributed by atoms with Gasteiger partial charge in [0.1, 0.15) is 5.60 Å².